The maximum absolute atomic E-state index is 4.52. The Labute approximate surface area is 162 Å². The highest BCUT2D eigenvalue weighted by Crippen LogP contribution is 2.29. The Bertz CT molecular complexity index is 762. The molecule has 0 radical (unpaired) electrons. The molecular formula is C20H30ClN5. The van der Waals surface area contributed by atoms with Gasteiger partial charge in [0.2, 0.25) is 0 Å². The molecule has 1 N–H and O–H groups in total. The van der Waals surface area contributed by atoms with Crippen molar-refractivity contribution in [1.29, 1.82) is 0 Å². The SMILES string of the molecule is Cc1cc(C)c(CN2CCC(c3nnc4n3CCNC4)CC2)cc1C.Cl. The number of benzene rings is 1. The van der Waals surface area contributed by atoms with Gasteiger partial charge in [0.05, 0.1) is 6.54 Å². The van der Waals surface area contributed by atoms with E-state index in [-0.39, 0.29) is 12.4 Å². The lowest BCUT2D eigenvalue weighted by Crippen LogP contribution is -2.35. The highest BCUT2D eigenvalue weighted by molar-refractivity contribution is 5.85. The van der Waals surface area contributed by atoms with Crippen LogP contribution in [0, 0.1) is 20.8 Å². The number of piperidine rings is 1. The third kappa shape index (κ3) is 3.80. The van der Waals surface area contributed by atoms with Gasteiger partial charge in [-0.1, -0.05) is 12.1 Å². The van der Waals surface area contributed by atoms with Crippen molar-refractivity contribution in [2.24, 2.45) is 0 Å². The van der Waals surface area contributed by atoms with Gasteiger partial charge < -0.3 is 9.88 Å². The maximum Gasteiger partial charge on any atom is 0.147 e. The van der Waals surface area contributed by atoms with E-state index in [2.05, 4.69) is 57.9 Å². The average Bonchev–Trinajstić information content (AvgIpc) is 3.04. The normalized spacial score (nSPS) is 18.4. The van der Waals surface area contributed by atoms with Crippen LogP contribution in [0.25, 0.3) is 0 Å². The lowest BCUT2D eigenvalue weighted by Gasteiger charge is -2.32. The molecule has 0 bridgehead atoms. The Morgan fingerprint density at radius 1 is 1.00 bits per heavy atom. The van der Waals surface area contributed by atoms with Gasteiger partial charge in [-0.2, -0.15) is 0 Å². The summed E-state index contributed by atoms with van der Waals surface area (Å²) in [6.07, 6.45) is 2.38. The second-order valence-corrected chi connectivity index (χ2v) is 7.72. The van der Waals surface area contributed by atoms with E-state index in [0.29, 0.717) is 5.92 Å². The molecule has 2 aliphatic rings. The summed E-state index contributed by atoms with van der Waals surface area (Å²) in [5.74, 6) is 2.89. The molecule has 6 heteroatoms. The summed E-state index contributed by atoms with van der Waals surface area (Å²) >= 11 is 0. The van der Waals surface area contributed by atoms with Gasteiger partial charge in [0.15, 0.2) is 0 Å². The number of nitrogens with one attached hydrogen (secondary N) is 1. The molecule has 1 aromatic carbocycles. The van der Waals surface area contributed by atoms with E-state index >= 15 is 0 Å². The highest BCUT2D eigenvalue weighted by atomic mass is 35.5. The fraction of sp³-hybridized carbons (Fsp3) is 0.600. The van der Waals surface area contributed by atoms with Crippen molar-refractivity contribution in [3.8, 4) is 0 Å². The first-order chi connectivity index (χ1) is 12.1. The summed E-state index contributed by atoms with van der Waals surface area (Å²) in [5, 5.41) is 12.3. The molecule has 5 nitrogen and oxygen atoms in total. The number of likely N-dealkylation sites (tertiary alicyclic amines) is 1. The highest BCUT2D eigenvalue weighted by Gasteiger charge is 2.27. The summed E-state index contributed by atoms with van der Waals surface area (Å²) in [4.78, 5) is 2.60. The minimum atomic E-state index is 0. The fourth-order valence-corrected chi connectivity index (χ4v) is 4.20. The Morgan fingerprint density at radius 3 is 2.50 bits per heavy atom. The molecule has 2 aromatic rings. The Morgan fingerprint density at radius 2 is 1.73 bits per heavy atom. The van der Waals surface area contributed by atoms with Crippen molar-refractivity contribution >= 4 is 12.4 Å². The van der Waals surface area contributed by atoms with Gasteiger partial charge in [0, 0.05) is 25.6 Å². The fourth-order valence-electron chi connectivity index (χ4n) is 4.20. The first-order valence-corrected chi connectivity index (χ1v) is 9.53. The van der Waals surface area contributed by atoms with Crippen molar-refractivity contribution in [3.63, 3.8) is 0 Å². The molecule has 26 heavy (non-hydrogen) atoms. The van der Waals surface area contributed by atoms with Gasteiger partial charge in [-0.05, 0) is 69.0 Å². The number of aryl methyl sites for hydroxylation is 3. The quantitative estimate of drug-likeness (QED) is 0.895. The topological polar surface area (TPSA) is 46.0 Å². The van der Waals surface area contributed by atoms with E-state index in [4.69, 9.17) is 0 Å². The minimum absolute atomic E-state index is 0. The second-order valence-electron chi connectivity index (χ2n) is 7.72. The molecule has 0 unspecified atom stereocenters. The van der Waals surface area contributed by atoms with Gasteiger partial charge in [0.1, 0.15) is 11.6 Å². The summed E-state index contributed by atoms with van der Waals surface area (Å²) in [7, 11) is 0. The first-order valence-electron chi connectivity index (χ1n) is 9.53. The summed E-state index contributed by atoms with van der Waals surface area (Å²) in [6.45, 7) is 12.9. The van der Waals surface area contributed by atoms with Crippen LogP contribution in [-0.4, -0.2) is 39.3 Å². The van der Waals surface area contributed by atoms with Crippen LogP contribution < -0.4 is 5.32 Å². The second kappa shape index (κ2) is 8.07. The van der Waals surface area contributed by atoms with Crippen LogP contribution in [0.3, 0.4) is 0 Å². The molecule has 1 fully saturated rings. The Kier molecular flexibility index (Phi) is 6.00. The van der Waals surface area contributed by atoms with Crippen LogP contribution in [0.1, 0.15) is 52.7 Å². The lowest BCUT2D eigenvalue weighted by atomic mass is 9.94. The van der Waals surface area contributed by atoms with E-state index in [0.717, 1.165) is 45.1 Å². The van der Waals surface area contributed by atoms with Crippen molar-refractivity contribution in [2.75, 3.05) is 19.6 Å². The van der Waals surface area contributed by atoms with Crippen LogP contribution in [0.4, 0.5) is 0 Å². The van der Waals surface area contributed by atoms with Gasteiger partial charge in [0.25, 0.3) is 0 Å². The van der Waals surface area contributed by atoms with Crippen molar-refractivity contribution in [3.05, 3.63) is 46.0 Å². The first kappa shape index (κ1) is 19.3. The predicted octanol–water partition coefficient (Wildman–Crippen LogP) is 3.11. The molecular weight excluding hydrogens is 346 g/mol. The Hall–Kier alpha value is -1.43. The molecule has 3 heterocycles. The average molecular weight is 376 g/mol. The molecule has 0 amide bonds. The number of aromatic nitrogens is 3. The van der Waals surface area contributed by atoms with E-state index in [1.807, 2.05) is 0 Å². The number of hydrogen-bond acceptors (Lipinski definition) is 4. The molecule has 1 aromatic heterocycles. The van der Waals surface area contributed by atoms with Crippen LogP contribution in [0.5, 0.6) is 0 Å². The molecule has 142 valence electrons. The van der Waals surface area contributed by atoms with E-state index in [1.165, 1.54) is 40.9 Å². The van der Waals surface area contributed by atoms with Gasteiger partial charge >= 0.3 is 0 Å². The molecule has 1 saturated heterocycles. The zero-order chi connectivity index (χ0) is 17.4. The van der Waals surface area contributed by atoms with E-state index in [1.54, 1.807) is 0 Å². The van der Waals surface area contributed by atoms with Crippen LogP contribution in [-0.2, 0) is 19.6 Å². The third-order valence-corrected chi connectivity index (χ3v) is 5.95. The van der Waals surface area contributed by atoms with Crippen LogP contribution in [0.15, 0.2) is 12.1 Å². The number of rotatable bonds is 3. The molecule has 0 spiro atoms. The van der Waals surface area contributed by atoms with E-state index < -0.39 is 0 Å². The number of halogens is 1. The number of nitrogens with zero attached hydrogens (tertiary/aromatic N) is 4. The maximum atomic E-state index is 4.52. The van der Waals surface area contributed by atoms with E-state index in [9.17, 15) is 0 Å². The third-order valence-electron chi connectivity index (χ3n) is 5.95. The van der Waals surface area contributed by atoms with Crippen LogP contribution in [0.2, 0.25) is 0 Å². The summed E-state index contributed by atoms with van der Waals surface area (Å²) < 4.78 is 2.35. The standard InChI is InChI=1S/C20H29N5.ClH/c1-14-10-16(3)18(11-15(14)2)13-24-7-4-17(5-8-24)20-23-22-19-12-21-6-9-25(19)20;/h10-11,17,21H,4-9,12-13H2,1-3H3;1H. The van der Waals surface area contributed by atoms with Gasteiger partial charge in [-0.25, -0.2) is 0 Å². The molecule has 0 aliphatic carbocycles. The number of fused-ring (bicyclic) bond motifs is 1. The zero-order valence-corrected chi connectivity index (χ0v) is 16.9. The summed E-state index contributed by atoms with van der Waals surface area (Å²) in [5.41, 5.74) is 5.70. The minimum Gasteiger partial charge on any atom is -0.312 e. The number of hydrogen-bond donors (Lipinski definition) is 1. The predicted molar refractivity (Wildman–Crippen MR) is 107 cm³/mol. The van der Waals surface area contributed by atoms with Crippen molar-refractivity contribution in [1.82, 2.24) is 25.0 Å². The molecule has 4 rings (SSSR count). The molecule has 0 atom stereocenters. The van der Waals surface area contributed by atoms with Crippen molar-refractivity contribution < 1.29 is 0 Å². The monoisotopic (exact) mass is 375 g/mol. The Balaban J connectivity index is 0.00000196. The van der Waals surface area contributed by atoms with Gasteiger partial charge in [-0.15, -0.1) is 22.6 Å². The lowest BCUT2D eigenvalue weighted by molar-refractivity contribution is 0.199. The largest absolute Gasteiger partial charge is 0.312 e. The van der Waals surface area contributed by atoms with Crippen molar-refractivity contribution in [2.45, 2.75) is 59.2 Å². The summed E-state index contributed by atoms with van der Waals surface area (Å²) in [6, 6.07) is 4.70. The smallest absolute Gasteiger partial charge is 0.147 e. The molecule has 0 saturated carbocycles. The van der Waals surface area contributed by atoms with Gasteiger partial charge in [-0.3, -0.25) is 4.90 Å². The van der Waals surface area contributed by atoms with Crippen LogP contribution >= 0.6 is 12.4 Å². The zero-order valence-electron chi connectivity index (χ0n) is 16.1. The molecule has 2 aliphatic heterocycles.